The van der Waals surface area contributed by atoms with E-state index in [-0.39, 0.29) is 0 Å². The third-order valence-electron chi connectivity index (χ3n) is 4.00. The van der Waals surface area contributed by atoms with Crippen molar-refractivity contribution >= 4 is 21.6 Å². The van der Waals surface area contributed by atoms with Gasteiger partial charge in [-0.3, -0.25) is 0 Å². The van der Waals surface area contributed by atoms with E-state index in [2.05, 4.69) is 65.1 Å². The number of nitrogens with one attached hydrogen (secondary N) is 1. The van der Waals surface area contributed by atoms with Gasteiger partial charge < -0.3 is 10.2 Å². The molecule has 106 valence electrons. The standard InChI is InChI=1S/C16H25BrN2/c1-4-13-10-14(17)6-7-16(13)19-9-5-8-18-15(11-19)12(2)3/h6-7,10,12,15,18H,4-5,8-9,11H2,1-3H3. The second-order valence-corrected chi connectivity index (χ2v) is 6.65. The van der Waals surface area contributed by atoms with Gasteiger partial charge >= 0.3 is 0 Å². The zero-order valence-electron chi connectivity index (χ0n) is 12.2. The van der Waals surface area contributed by atoms with Crippen molar-refractivity contribution in [1.82, 2.24) is 5.32 Å². The minimum absolute atomic E-state index is 0.593. The highest BCUT2D eigenvalue weighted by atomic mass is 79.9. The molecule has 1 N–H and O–H groups in total. The summed E-state index contributed by atoms with van der Waals surface area (Å²) in [6.07, 6.45) is 2.31. The van der Waals surface area contributed by atoms with Crippen molar-refractivity contribution in [2.75, 3.05) is 24.5 Å². The molecule has 1 atom stereocenters. The zero-order chi connectivity index (χ0) is 13.8. The fourth-order valence-electron chi connectivity index (χ4n) is 2.76. The number of hydrogen-bond acceptors (Lipinski definition) is 2. The van der Waals surface area contributed by atoms with Crippen molar-refractivity contribution < 1.29 is 0 Å². The molecule has 1 aromatic carbocycles. The molecule has 0 spiro atoms. The fraction of sp³-hybridized carbons (Fsp3) is 0.625. The first-order chi connectivity index (χ1) is 9.11. The molecule has 1 aliphatic heterocycles. The maximum absolute atomic E-state index is 3.68. The molecule has 1 fully saturated rings. The van der Waals surface area contributed by atoms with Crippen LogP contribution in [0.5, 0.6) is 0 Å². The van der Waals surface area contributed by atoms with E-state index in [9.17, 15) is 0 Å². The molecule has 0 radical (unpaired) electrons. The van der Waals surface area contributed by atoms with E-state index < -0.39 is 0 Å². The normalized spacial score (nSPS) is 20.7. The number of benzene rings is 1. The summed E-state index contributed by atoms with van der Waals surface area (Å²) < 4.78 is 1.18. The van der Waals surface area contributed by atoms with Crippen LogP contribution in [-0.4, -0.2) is 25.7 Å². The summed E-state index contributed by atoms with van der Waals surface area (Å²) in [5.41, 5.74) is 2.86. The first kappa shape index (κ1) is 14.9. The molecule has 1 heterocycles. The van der Waals surface area contributed by atoms with Crippen molar-refractivity contribution in [3.63, 3.8) is 0 Å². The number of anilines is 1. The Kier molecular flexibility index (Phi) is 5.28. The Bertz CT molecular complexity index is 417. The maximum Gasteiger partial charge on any atom is 0.0399 e. The molecular formula is C16H25BrN2. The van der Waals surface area contributed by atoms with Crippen LogP contribution in [0, 0.1) is 5.92 Å². The Morgan fingerprint density at radius 2 is 2.21 bits per heavy atom. The molecule has 19 heavy (non-hydrogen) atoms. The van der Waals surface area contributed by atoms with E-state index in [0.29, 0.717) is 12.0 Å². The van der Waals surface area contributed by atoms with Gasteiger partial charge in [0.15, 0.2) is 0 Å². The van der Waals surface area contributed by atoms with Gasteiger partial charge in [0.2, 0.25) is 0 Å². The van der Waals surface area contributed by atoms with Crippen LogP contribution < -0.4 is 10.2 Å². The highest BCUT2D eigenvalue weighted by Crippen LogP contribution is 2.26. The monoisotopic (exact) mass is 324 g/mol. The topological polar surface area (TPSA) is 15.3 Å². The van der Waals surface area contributed by atoms with Crippen LogP contribution in [0.4, 0.5) is 5.69 Å². The van der Waals surface area contributed by atoms with E-state index in [0.717, 1.165) is 26.1 Å². The van der Waals surface area contributed by atoms with Gasteiger partial charge in [-0.2, -0.15) is 0 Å². The highest BCUT2D eigenvalue weighted by Gasteiger charge is 2.21. The van der Waals surface area contributed by atoms with Gasteiger partial charge in [-0.15, -0.1) is 0 Å². The Morgan fingerprint density at radius 1 is 1.42 bits per heavy atom. The SMILES string of the molecule is CCc1cc(Br)ccc1N1CCCNC(C(C)C)C1. The van der Waals surface area contributed by atoms with Gasteiger partial charge in [0.05, 0.1) is 0 Å². The molecule has 1 aromatic rings. The summed E-state index contributed by atoms with van der Waals surface area (Å²) in [4.78, 5) is 2.57. The van der Waals surface area contributed by atoms with Crippen molar-refractivity contribution in [3.8, 4) is 0 Å². The molecule has 0 bridgehead atoms. The molecular weight excluding hydrogens is 300 g/mol. The minimum atomic E-state index is 0.593. The average Bonchev–Trinajstić information content (AvgIpc) is 2.64. The van der Waals surface area contributed by atoms with Crippen LogP contribution in [0.2, 0.25) is 0 Å². The van der Waals surface area contributed by atoms with Gasteiger partial charge in [0, 0.05) is 29.3 Å². The van der Waals surface area contributed by atoms with E-state index in [1.54, 1.807) is 0 Å². The van der Waals surface area contributed by atoms with Gasteiger partial charge in [-0.25, -0.2) is 0 Å². The molecule has 2 nitrogen and oxygen atoms in total. The summed E-state index contributed by atoms with van der Waals surface area (Å²) in [5.74, 6) is 0.682. The first-order valence-electron chi connectivity index (χ1n) is 7.38. The quantitative estimate of drug-likeness (QED) is 0.908. The lowest BCUT2D eigenvalue weighted by atomic mass is 10.0. The van der Waals surface area contributed by atoms with Crippen LogP contribution in [0.15, 0.2) is 22.7 Å². The number of nitrogens with zero attached hydrogens (tertiary/aromatic N) is 1. The second-order valence-electron chi connectivity index (χ2n) is 5.73. The lowest BCUT2D eigenvalue weighted by molar-refractivity contribution is 0.420. The first-order valence-corrected chi connectivity index (χ1v) is 8.18. The third kappa shape index (κ3) is 3.73. The molecule has 2 rings (SSSR count). The van der Waals surface area contributed by atoms with Gasteiger partial charge in [-0.05, 0) is 49.1 Å². The molecule has 1 unspecified atom stereocenters. The van der Waals surface area contributed by atoms with Crippen molar-refractivity contribution in [2.24, 2.45) is 5.92 Å². The molecule has 0 aliphatic carbocycles. The zero-order valence-corrected chi connectivity index (χ0v) is 13.8. The Labute approximate surface area is 125 Å². The predicted molar refractivity (Wildman–Crippen MR) is 87.0 cm³/mol. The predicted octanol–water partition coefficient (Wildman–Crippen LogP) is 3.84. The van der Waals surface area contributed by atoms with Crippen LogP contribution in [0.25, 0.3) is 0 Å². The molecule has 3 heteroatoms. The van der Waals surface area contributed by atoms with Crippen molar-refractivity contribution in [1.29, 1.82) is 0 Å². The summed E-state index contributed by atoms with van der Waals surface area (Å²) in [6, 6.07) is 7.29. The number of aryl methyl sites for hydroxylation is 1. The lowest BCUT2D eigenvalue weighted by Gasteiger charge is -2.30. The van der Waals surface area contributed by atoms with Gasteiger partial charge in [0.25, 0.3) is 0 Å². The van der Waals surface area contributed by atoms with Crippen molar-refractivity contribution in [3.05, 3.63) is 28.2 Å². The fourth-order valence-corrected chi connectivity index (χ4v) is 3.17. The summed E-state index contributed by atoms with van der Waals surface area (Å²) in [6.45, 7) is 10.3. The summed E-state index contributed by atoms with van der Waals surface area (Å²) in [7, 11) is 0. The van der Waals surface area contributed by atoms with E-state index in [1.807, 2.05) is 0 Å². The summed E-state index contributed by atoms with van der Waals surface area (Å²) in [5, 5.41) is 3.68. The summed E-state index contributed by atoms with van der Waals surface area (Å²) >= 11 is 3.58. The average molecular weight is 325 g/mol. The second kappa shape index (κ2) is 6.76. The van der Waals surface area contributed by atoms with Crippen LogP contribution in [-0.2, 0) is 6.42 Å². The molecule has 1 aliphatic rings. The van der Waals surface area contributed by atoms with Crippen LogP contribution in [0.1, 0.15) is 32.8 Å². The van der Waals surface area contributed by atoms with Crippen LogP contribution >= 0.6 is 15.9 Å². The number of halogens is 1. The molecule has 1 saturated heterocycles. The maximum atomic E-state index is 3.68. The van der Waals surface area contributed by atoms with Gasteiger partial charge in [0.1, 0.15) is 0 Å². The molecule has 0 aromatic heterocycles. The highest BCUT2D eigenvalue weighted by molar-refractivity contribution is 9.10. The Morgan fingerprint density at radius 3 is 2.89 bits per heavy atom. The lowest BCUT2D eigenvalue weighted by Crippen LogP contribution is -2.41. The van der Waals surface area contributed by atoms with E-state index >= 15 is 0 Å². The molecule has 0 amide bonds. The minimum Gasteiger partial charge on any atom is -0.370 e. The van der Waals surface area contributed by atoms with Gasteiger partial charge in [-0.1, -0.05) is 36.7 Å². The Hall–Kier alpha value is -0.540. The Balaban J connectivity index is 2.23. The molecule has 0 saturated carbocycles. The number of rotatable bonds is 3. The largest absolute Gasteiger partial charge is 0.370 e. The van der Waals surface area contributed by atoms with E-state index in [1.165, 1.54) is 22.1 Å². The van der Waals surface area contributed by atoms with Crippen LogP contribution in [0.3, 0.4) is 0 Å². The smallest absolute Gasteiger partial charge is 0.0399 e. The van der Waals surface area contributed by atoms with E-state index in [4.69, 9.17) is 0 Å². The third-order valence-corrected chi connectivity index (χ3v) is 4.49. The van der Waals surface area contributed by atoms with Crippen molar-refractivity contribution in [2.45, 2.75) is 39.7 Å². The number of hydrogen-bond donors (Lipinski definition) is 1.